The minimum atomic E-state index is 0.840. The van der Waals surface area contributed by atoms with E-state index in [-0.39, 0.29) is 0 Å². The van der Waals surface area contributed by atoms with Gasteiger partial charge in [0, 0.05) is 0 Å². The van der Waals surface area contributed by atoms with E-state index in [1.807, 2.05) is 6.07 Å². The molecule has 1 heteroatoms. The Labute approximate surface area is 343 Å². The molecule has 1 aromatic heterocycles. The van der Waals surface area contributed by atoms with Gasteiger partial charge in [-0.2, -0.15) is 0 Å². The second kappa shape index (κ2) is 16.8. The summed E-state index contributed by atoms with van der Waals surface area (Å²) in [5.41, 5.74) is 17.7. The summed E-state index contributed by atoms with van der Waals surface area (Å²) in [6.07, 6.45) is 5.55. The Morgan fingerprint density at radius 3 is 1.83 bits per heavy atom. The third-order valence-corrected chi connectivity index (χ3v) is 10.9. The van der Waals surface area contributed by atoms with E-state index in [9.17, 15) is 0 Å². The second-order valence-electron chi connectivity index (χ2n) is 14.8. The van der Waals surface area contributed by atoms with E-state index in [4.69, 9.17) is 0 Å². The number of fused-ring (bicyclic) bond motifs is 1. The first-order chi connectivity index (χ1) is 28.6. The van der Waals surface area contributed by atoms with Crippen LogP contribution in [-0.4, -0.2) is 6.91 Å². The molecule has 0 nitrogen and oxygen atoms in total. The van der Waals surface area contributed by atoms with Crippen LogP contribution < -0.4 is 0 Å². The molecular weight excluding hydrogens is 695 g/mol. The number of hydrogen-bond donors (Lipinski definition) is 0. The molecule has 0 saturated carbocycles. The van der Waals surface area contributed by atoms with E-state index in [1.54, 1.807) is 0 Å². The summed E-state index contributed by atoms with van der Waals surface area (Å²) < 4.78 is 0. The van der Waals surface area contributed by atoms with Crippen LogP contribution in [0.15, 0.2) is 218 Å². The Morgan fingerprint density at radius 1 is 0.500 bits per heavy atom. The molecule has 0 saturated heterocycles. The third kappa shape index (κ3) is 8.15. The van der Waals surface area contributed by atoms with Gasteiger partial charge < -0.3 is 0 Å². The van der Waals surface area contributed by atoms with E-state index in [1.165, 1.54) is 77.4 Å². The van der Waals surface area contributed by atoms with Crippen LogP contribution in [0.1, 0.15) is 23.6 Å². The van der Waals surface area contributed by atoms with Crippen molar-refractivity contribution in [2.75, 3.05) is 0 Å². The average molecular weight is 737 g/mol. The van der Waals surface area contributed by atoms with Gasteiger partial charge in [-0.05, 0) is 0 Å². The Hall–Kier alpha value is -7.27. The standard InChI is InChI=1S/C57H41B/c1-41(43-19-8-3-9-20-43)35-50(32-31-42-17-6-2-7-18-42)49-28-15-29-52(37-49)54-40-57(53-30-16-26-47(38-53)45-23-12-5-13-24-45)58-56-34-33-51(39-55(54)56)48-27-14-25-46(36-48)44-21-10-4-11-22-44/h2-15,17-29,32-40H,31H2,1H3/b41-35+,50-32+. The number of rotatable bonds is 10. The fraction of sp³-hybridized carbons (Fsp3) is 0.0351. The first-order valence-corrected chi connectivity index (χ1v) is 20.0. The first kappa shape index (κ1) is 36.4. The third-order valence-electron chi connectivity index (χ3n) is 10.9. The summed E-state index contributed by atoms with van der Waals surface area (Å²) in [6, 6.07) is 80.7. The van der Waals surface area contributed by atoms with Gasteiger partial charge in [0.2, 0.25) is 0 Å². The van der Waals surface area contributed by atoms with E-state index in [0.29, 0.717) is 0 Å². The molecule has 9 aromatic rings. The van der Waals surface area contributed by atoms with Crippen molar-refractivity contribution < 1.29 is 0 Å². The van der Waals surface area contributed by atoms with Crippen molar-refractivity contribution in [2.45, 2.75) is 13.3 Å². The number of benzene rings is 7. The Kier molecular flexibility index (Phi) is 10.6. The van der Waals surface area contributed by atoms with Crippen LogP contribution in [0.2, 0.25) is 0 Å². The fourth-order valence-corrected chi connectivity index (χ4v) is 7.80. The van der Waals surface area contributed by atoms with Crippen LogP contribution in [0.25, 0.3) is 77.3 Å². The summed E-state index contributed by atoms with van der Waals surface area (Å²) >= 11 is 0. The van der Waals surface area contributed by atoms with E-state index >= 15 is 0 Å². The quantitative estimate of drug-likeness (QED) is 0.123. The van der Waals surface area contributed by atoms with Crippen LogP contribution in [0.4, 0.5) is 0 Å². The predicted molar refractivity (Wildman–Crippen MR) is 248 cm³/mol. The van der Waals surface area contributed by atoms with Gasteiger partial charge in [0.1, 0.15) is 0 Å². The van der Waals surface area contributed by atoms with Crippen molar-refractivity contribution in [2.24, 2.45) is 0 Å². The van der Waals surface area contributed by atoms with E-state index < -0.39 is 0 Å². The SMILES string of the molecule is C/C(=C\C(=C/Cc1ccccc1)c1cccc(-c2cc(-c3c#ccc(-c4ccccc4)c3)bc3ccc(-c4cccc(-c5ccccc5)c4)cc23)c1)c1ccccc1. The van der Waals surface area contributed by atoms with Gasteiger partial charge in [-0.1, -0.05) is 12.1 Å². The Balaban J connectivity index is 1.20. The van der Waals surface area contributed by atoms with Crippen LogP contribution in [0, 0.1) is 12.1 Å². The predicted octanol–water partition coefficient (Wildman–Crippen LogP) is 14.8. The van der Waals surface area contributed by atoms with Gasteiger partial charge in [-0.25, -0.2) is 0 Å². The van der Waals surface area contributed by atoms with Gasteiger partial charge >= 0.3 is 333 Å². The Bertz CT molecular complexity index is 2890. The molecule has 58 heavy (non-hydrogen) atoms. The van der Waals surface area contributed by atoms with Crippen molar-refractivity contribution in [3.05, 3.63) is 247 Å². The van der Waals surface area contributed by atoms with Gasteiger partial charge in [0.05, 0.1) is 0 Å². The second-order valence-corrected chi connectivity index (χ2v) is 14.8. The van der Waals surface area contributed by atoms with Gasteiger partial charge in [0.25, 0.3) is 0 Å². The minimum absolute atomic E-state index is 0.840. The molecule has 0 amide bonds. The van der Waals surface area contributed by atoms with E-state index in [2.05, 4.69) is 238 Å². The van der Waals surface area contributed by atoms with Gasteiger partial charge in [-0.15, -0.1) is 0 Å². The molecule has 9 rings (SSSR count). The van der Waals surface area contributed by atoms with Crippen LogP contribution >= 0.6 is 0 Å². The molecule has 0 N–H and O–H groups in total. The molecule has 0 aliphatic carbocycles. The molecule has 0 fully saturated rings. The molecule has 0 atom stereocenters. The van der Waals surface area contributed by atoms with Crippen molar-refractivity contribution in [3.8, 4) is 55.5 Å². The van der Waals surface area contributed by atoms with Crippen LogP contribution in [-0.2, 0) is 6.42 Å². The molecule has 0 bridgehead atoms. The monoisotopic (exact) mass is 736 g/mol. The molecule has 272 valence electrons. The first-order valence-electron chi connectivity index (χ1n) is 20.0. The van der Waals surface area contributed by atoms with Crippen molar-refractivity contribution in [1.82, 2.24) is 0 Å². The maximum atomic E-state index is 3.45. The van der Waals surface area contributed by atoms with Crippen molar-refractivity contribution in [1.29, 1.82) is 0 Å². The van der Waals surface area contributed by atoms with E-state index in [0.717, 1.165) is 23.0 Å². The zero-order valence-corrected chi connectivity index (χ0v) is 32.6. The molecule has 0 radical (unpaired) electrons. The molecule has 0 unspecified atom stereocenters. The topological polar surface area (TPSA) is 0 Å². The zero-order chi connectivity index (χ0) is 39.1. The molecule has 0 aliphatic rings. The van der Waals surface area contributed by atoms with Crippen molar-refractivity contribution >= 4 is 28.7 Å². The summed E-state index contributed by atoms with van der Waals surface area (Å²) in [6.45, 7) is 4.51. The summed E-state index contributed by atoms with van der Waals surface area (Å²) in [5, 5.41) is 2.39. The molecular formula is C57H41B. The molecule has 0 spiro atoms. The fourth-order valence-electron chi connectivity index (χ4n) is 7.80. The number of allylic oxidation sites excluding steroid dienone is 4. The summed E-state index contributed by atoms with van der Waals surface area (Å²) in [7, 11) is 0. The summed E-state index contributed by atoms with van der Waals surface area (Å²) in [5.74, 6) is 0. The Morgan fingerprint density at radius 2 is 1.09 bits per heavy atom. The molecule has 8 aromatic carbocycles. The van der Waals surface area contributed by atoms with Gasteiger partial charge in [-0.3, -0.25) is 0 Å². The molecule has 1 heterocycles. The van der Waals surface area contributed by atoms with Crippen molar-refractivity contribution in [3.63, 3.8) is 0 Å². The zero-order valence-electron chi connectivity index (χ0n) is 32.6. The summed E-state index contributed by atoms with van der Waals surface area (Å²) in [4.78, 5) is 0. The van der Waals surface area contributed by atoms with Gasteiger partial charge in [0.15, 0.2) is 0 Å². The normalized spacial score (nSPS) is 11.6. The van der Waals surface area contributed by atoms with Crippen LogP contribution in [0.3, 0.4) is 0 Å². The number of hydrogen-bond acceptors (Lipinski definition) is 0. The molecule has 0 aliphatic heterocycles. The average Bonchev–Trinajstić information content (AvgIpc) is 3.31. The maximum absolute atomic E-state index is 3.45. The van der Waals surface area contributed by atoms with Crippen LogP contribution in [0.5, 0.6) is 0 Å².